The lowest BCUT2D eigenvalue weighted by Gasteiger charge is -2.21. The molecular formula is C17H19N. The Bertz CT molecular complexity index is 460. The molecule has 1 saturated carbocycles. The van der Waals surface area contributed by atoms with E-state index in [4.69, 9.17) is 5.73 Å². The van der Waals surface area contributed by atoms with E-state index in [0.717, 1.165) is 6.42 Å². The average Bonchev–Trinajstić information content (AvgIpc) is 3.16. The van der Waals surface area contributed by atoms with Crippen molar-refractivity contribution in [3.05, 3.63) is 71.8 Å². The van der Waals surface area contributed by atoms with Gasteiger partial charge >= 0.3 is 0 Å². The summed E-state index contributed by atoms with van der Waals surface area (Å²) in [5, 5.41) is 0. The Hall–Kier alpha value is -1.60. The van der Waals surface area contributed by atoms with Crippen molar-refractivity contribution in [2.75, 3.05) is 0 Å². The van der Waals surface area contributed by atoms with Gasteiger partial charge in [-0.05, 0) is 30.4 Å². The fourth-order valence-corrected chi connectivity index (χ4v) is 2.57. The smallest absolute Gasteiger partial charge is 0.0164 e. The maximum atomic E-state index is 6.32. The van der Waals surface area contributed by atoms with Crippen LogP contribution in [0, 0.1) is 0 Å². The molecule has 0 radical (unpaired) electrons. The summed E-state index contributed by atoms with van der Waals surface area (Å²) in [5.74, 6) is 0.430. The molecular weight excluding hydrogens is 218 g/mol. The van der Waals surface area contributed by atoms with E-state index in [-0.39, 0.29) is 5.54 Å². The van der Waals surface area contributed by atoms with Crippen LogP contribution < -0.4 is 5.73 Å². The number of hydrogen-bond donors (Lipinski definition) is 1. The van der Waals surface area contributed by atoms with Crippen LogP contribution in [0.25, 0.3) is 0 Å². The quantitative estimate of drug-likeness (QED) is 0.862. The molecule has 2 N–H and O–H groups in total. The molecule has 2 aromatic rings. The fraction of sp³-hybridized carbons (Fsp3) is 0.294. The van der Waals surface area contributed by atoms with Gasteiger partial charge in [-0.15, -0.1) is 0 Å². The Morgan fingerprint density at radius 2 is 1.28 bits per heavy atom. The molecule has 0 heterocycles. The van der Waals surface area contributed by atoms with Gasteiger partial charge in [-0.25, -0.2) is 0 Å². The zero-order valence-electron chi connectivity index (χ0n) is 10.5. The average molecular weight is 237 g/mol. The van der Waals surface area contributed by atoms with Crippen LogP contribution in [0.2, 0.25) is 0 Å². The van der Waals surface area contributed by atoms with Crippen molar-refractivity contribution in [2.45, 2.75) is 30.7 Å². The summed E-state index contributed by atoms with van der Waals surface area (Å²) in [6.45, 7) is 0. The lowest BCUT2D eigenvalue weighted by molar-refractivity contribution is 0.561. The lowest BCUT2D eigenvalue weighted by Crippen LogP contribution is -2.25. The van der Waals surface area contributed by atoms with Crippen molar-refractivity contribution >= 4 is 0 Å². The Kier molecular flexibility index (Phi) is 2.92. The topological polar surface area (TPSA) is 26.0 Å². The molecule has 0 atom stereocenters. The molecule has 1 fully saturated rings. The molecule has 1 heteroatoms. The van der Waals surface area contributed by atoms with Crippen LogP contribution >= 0.6 is 0 Å². The Labute approximate surface area is 109 Å². The third kappa shape index (κ3) is 2.46. The summed E-state index contributed by atoms with van der Waals surface area (Å²) < 4.78 is 0. The second-order valence-electron chi connectivity index (χ2n) is 5.44. The highest BCUT2D eigenvalue weighted by molar-refractivity contribution is 5.33. The molecule has 0 aromatic heterocycles. The fourth-order valence-electron chi connectivity index (χ4n) is 2.57. The number of rotatable bonds is 4. The molecule has 0 saturated heterocycles. The third-order valence-electron chi connectivity index (χ3n) is 3.91. The highest BCUT2D eigenvalue weighted by Crippen LogP contribution is 2.43. The summed E-state index contributed by atoms with van der Waals surface area (Å²) in [4.78, 5) is 0. The van der Waals surface area contributed by atoms with Crippen LogP contribution in [0.5, 0.6) is 0 Å². The monoisotopic (exact) mass is 237 g/mol. The Morgan fingerprint density at radius 1 is 0.833 bits per heavy atom. The summed E-state index contributed by atoms with van der Waals surface area (Å²) in [6, 6.07) is 21.4. The molecule has 1 nitrogen and oxygen atoms in total. The van der Waals surface area contributed by atoms with Crippen LogP contribution in [0.1, 0.15) is 36.3 Å². The van der Waals surface area contributed by atoms with Crippen LogP contribution in [0.4, 0.5) is 0 Å². The SMILES string of the molecule is NC1(CC(c2ccccc2)c2ccccc2)CC1. The van der Waals surface area contributed by atoms with E-state index in [1.807, 2.05) is 0 Å². The minimum atomic E-state index is 0.0797. The number of nitrogens with two attached hydrogens (primary N) is 1. The molecule has 18 heavy (non-hydrogen) atoms. The van der Waals surface area contributed by atoms with E-state index >= 15 is 0 Å². The maximum Gasteiger partial charge on any atom is 0.0164 e. The zero-order valence-corrected chi connectivity index (χ0v) is 10.5. The molecule has 0 aliphatic heterocycles. The van der Waals surface area contributed by atoms with Crippen molar-refractivity contribution in [1.29, 1.82) is 0 Å². The van der Waals surface area contributed by atoms with E-state index in [9.17, 15) is 0 Å². The van der Waals surface area contributed by atoms with E-state index < -0.39 is 0 Å². The number of benzene rings is 2. The highest BCUT2D eigenvalue weighted by atomic mass is 14.8. The Balaban J connectivity index is 1.93. The first kappa shape index (κ1) is 11.5. The summed E-state index contributed by atoms with van der Waals surface area (Å²) in [6.07, 6.45) is 3.40. The van der Waals surface area contributed by atoms with Crippen molar-refractivity contribution in [2.24, 2.45) is 5.73 Å². The summed E-state index contributed by atoms with van der Waals surface area (Å²) >= 11 is 0. The largest absolute Gasteiger partial charge is 0.325 e. The first-order valence-corrected chi connectivity index (χ1v) is 6.66. The maximum absolute atomic E-state index is 6.32. The van der Waals surface area contributed by atoms with Gasteiger partial charge in [0.1, 0.15) is 0 Å². The lowest BCUT2D eigenvalue weighted by atomic mass is 9.85. The second-order valence-corrected chi connectivity index (χ2v) is 5.44. The van der Waals surface area contributed by atoms with Gasteiger partial charge in [-0.3, -0.25) is 0 Å². The van der Waals surface area contributed by atoms with Crippen LogP contribution in [0.15, 0.2) is 60.7 Å². The van der Waals surface area contributed by atoms with Gasteiger partial charge in [-0.1, -0.05) is 60.7 Å². The standard InChI is InChI=1S/C17H19N/c18-17(11-12-17)13-16(14-7-3-1-4-8-14)15-9-5-2-6-10-15/h1-10,16H,11-13,18H2. The molecule has 1 aliphatic carbocycles. The molecule has 0 bridgehead atoms. The molecule has 3 rings (SSSR count). The molecule has 2 aromatic carbocycles. The normalized spacial score (nSPS) is 16.8. The molecule has 0 spiro atoms. The van der Waals surface area contributed by atoms with Gasteiger partial charge in [0.25, 0.3) is 0 Å². The second kappa shape index (κ2) is 4.58. The van der Waals surface area contributed by atoms with Gasteiger partial charge in [-0.2, -0.15) is 0 Å². The Morgan fingerprint density at radius 3 is 1.67 bits per heavy atom. The first-order chi connectivity index (χ1) is 8.77. The van der Waals surface area contributed by atoms with E-state index in [1.165, 1.54) is 24.0 Å². The van der Waals surface area contributed by atoms with Crippen molar-refractivity contribution in [1.82, 2.24) is 0 Å². The number of hydrogen-bond acceptors (Lipinski definition) is 1. The third-order valence-corrected chi connectivity index (χ3v) is 3.91. The van der Waals surface area contributed by atoms with Crippen LogP contribution in [0.3, 0.4) is 0 Å². The summed E-state index contributed by atoms with van der Waals surface area (Å²) in [7, 11) is 0. The van der Waals surface area contributed by atoms with Crippen molar-refractivity contribution < 1.29 is 0 Å². The highest BCUT2D eigenvalue weighted by Gasteiger charge is 2.40. The van der Waals surface area contributed by atoms with Gasteiger partial charge in [0.2, 0.25) is 0 Å². The molecule has 92 valence electrons. The minimum Gasteiger partial charge on any atom is -0.325 e. The van der Waals surface area contributed by atoms with E-state index in [2.05, 4.69) is 60.7 Å². The van der Waals surface area contributed by atoms with Crippen LogP contribution in [-0.2, 0) is 0 Å². The van der Waals surface area contributed by atoms with Gasteiger partial charge < -0.3 is 5.73 Å². The zero-order chi connectivity index (χ0) is 12.4. The minimum absolute atomic E-state index is 0.0797. The van der Waals surface area contributed by atoms with Gasteiger partial charge in [0.15, 0.2) is 0 Å². The first-order valence-electron chi connectivity index (χ1n) is 6.66. The van der Waals surface area contributed by atoms with Gasteiger partial charge in [0.05, 0.1) is 0 Å². The summed E-state index contributed by atoms with van der Waals surface area (Å²) in [5.41, 5.74) is 9.15. The molecule has 1 aliphatic rings. The molecule has 0 amide bonds. The van der Waals surface area contributed by atoms with Crippen molar-refractivity contribution in [3.63, 3.8) is 0 Å². The van der Waals surface area contributed by atoms with E-state index in [0.29, 0.717) is 5.92 Å². The predicted molar refractivity (Wildman–Crippen MR) is 75.5 cm³/mol. The van der Waals surface area contributed by atoms with Crippen LogP contribution in [-0.4, -0.2) is 5.54 Å². The predicted octanol–water partition coefficient (Wildman–Crippen LogP) is 3.70. The van der Waals surface area contributed by atoms with Crippen molar-refractivity contribution in [3.8, 4) is 0 Å². The van der Waals surface area contributed by atoms with E-state index in [1.54, 1.807) is 0 Å². The van der Waals surface area contributed by atoms with Gasteiger partial charge in [0, 0.05) is 11.5 Å². The molecule has 0 unspecified atom stereocenters.